The van der Waals surface area contributed by atoms with E-state index in [9.17, 15) is 4.79 Å². The Morgan fingerprint density at radius 1 is 1.21 bits per heavy atom. The van der Waals surface area contributed by atoms with Crippen LogP contribution in [0.25, 0.3) is 16.7 Å². The van der Waals surface area contributed by atoms with Gasteiger partial charge in [0.2, 0.25) is 0 Å². The summed E-state index contributed by atoms with van der Waals surface area (Å²) in [6.45, 7) is 5.91. The topological polar surface area (TPSA) is 132 Å². The molecule has 0 unspecified atom stereocenters. The molecule has 3 aromatic rings. The Labute approximate surface area is 197 Å². The summed E-state index contributed by atoms with van der Waals surface area (Å²) in [7, 11) is 1.98. The molecule has 0 atom stereocenters. The minimum atomic E-state index is -0.625. The first kappa shape index (κ1) is 21.7. The van der Waals surface area contributed by atoms with Crippen molar-refractivity contribution in [1.82, 2.24) is 10.7 Å². The summed E-state index contributed by atoms with van der Waals surface area (Å²) in [6, 6.07) is 14.5. The lowest BCUT2D eigenvalue weighted by Gasteiger charge is -2.40. The molecule has 5 rings (SSSR count). The highest BCUT2D eigenvalue weighted by Gasteiger charge is 2.30. The zero-order valence-corrected chi connectivity index (χ0v) is 19.3. The zero-order valence-electron chi connectivity index (χ0n) is 19.3. The lowest BCUT2D eigenvalue weighted by molar-refractivity contribution is -0.114. The van der Waals surface area contributed by atoms with Gasteiger partial charge in [-0.1, -0.05) is 11.6 Å². The first-order valence-corrected chi connectivity index (χ1v) is 11.1. The third kappa shape index (κ3) is 3.69. The predicted octanol–water partition coefficient (Wildman–Crippen LogP) is 2.70. The second kappa shape index (κ2) is 8.35. The van der Waals surface area contributed by atoms with Crippen LogP contribution in [0, 0.1) is 19.3 Å². The van der Waals surface area contributed by atoms with Crippen LogP contribution in [0.1, 0.15) is 16.9 Å². The van der Waals surface area contributed by atoms with E-state index in [2.05, 4.69) is 32.1 Å². The molecule has 2 aromatic carbocycles. The molecule has 174 valence electrons. The van der Waals surface area contributed by atoms with E-state index in [-0.39, 0.29) is 17.1 Å². The summed E-state index contributed by atoms with van der Waals surface area (Å²) < 4.78 is 6.21. The van der Waals surface area contributed by atoms with Crippen molar-refractivity contribution in [3.05, 3.63) is 64.9 Å². The maximum Gasteiger partial charge on any atom is 0.290 e. The number of hydrogen-bond donors (Lipinski definition) is 5. The number of anilines is 2. The monoisotopic (exact) mass is 457 g/mol. The summed E-state index contributed by atoms with van der Waals surface area (Å²) >= 11 is 0. The quantitative estimate of drug-likeness (QED) is 0.400. The van der Waals surface area contributed by atoms with Crippen molar-refractivity contribution in [2.75, 3.05) is 30.4 Å². The number of nitrogens with zero attached hydrogens (tertiary/aromatic N) is 2. The zero-order chi connectivity index (χ0) is 24.0. The van der Waals surface area contributed by atoms with E-state index < -0.39 is 5.91 Å². The van der Waals surface area contributed by atoms with E-state index >= 15 is 0 Å². The van der Waals surface area contributed by atoms with Gasteiger partial charge in [-0.15, -0.1) is 0 Å². The molecule has 1 fully saturated rings. The van der Waals surface area contributed by atoms with Crippen LogP contribution in [0.5, 0.6) is 0 Å². The van der Waals surface area contributed by atoms with Crippen LogP contribution < -0.4 is 26.7 Å². The number of nitrogens with one attached hydrogen (secondary N) is 4. The molecule has 0 radical (unpaired) electrons. The molecule has 6 N–H and O–H groups in total. The smallest absolute Gasteiger partial charge is 0.290 e. The van der Waals surface area contributed by atoms with Gasteiger partial charge in [0.15, 0.2) is 11.6 Å². The van der Waals surface area contributed by atoms with Crippen molar-refractivity contribution in [2.24, 2.45) is 10.8 Å². The number of carbonyl (C=O) groups is 1. The number of amidine groups is 1. The lowest BCUT2D eigenvalue weighted by atomic mass is 10.0. The number of fused-ring (bicyclic) bond motifs is 1. The highest BCUT2D eigenvalue weighted by atomic mass is 16.3. The van der Waals surface area contributed by atoms with Crippen LogP contribution in [0.4, 0.5) is 11.4 Å². The molecule has 1 aromatic heterocycles. The molecule has 0 saturated carbocycles. The highest BCUT2D eigenvalue weighted by Crippen LogP contribution is 2.34. The van der Waals surface area contributed by atoms with Crippen molar-refractivity contribution in [2.45, 2.75) is 19.9 Å². The molecular formula is C25H27N7O2. The lowest BCUT2D eigenvalue weighted by Crippen LogP contribution is -2.57. The average molecular weight is 458 g/mol. The molecule has 34 heavy (non-hydrogen) atoms. The van der Waals surface area contributed by atoms with Crippen molar-refractivity contribution < 1.29 is 9.21 Å². The number of hydrazone groups is 1. The molecule has 2 aliphatic rings. The highest BCUT2D eigenvalue weighted by molar-refractivity contribution is 6.53. The second-order valence-electron chi connectivity index (χ2n) is 8.68. The third-order valence-electron chi connectivity index (χ3n) is 6.37. The van der Waals surface area contributed by atoms with E-state index in [1.807, 2.05) is 57.3 Å². The van der Waals surface area contributed by atoms with Gasteiger partial charge < -0.3 is 25.7 Å². The molecule has 1 amide bonds. The Hall–Kier alpha value is -4.11. The molecule has 3 heterocycles. The molecule has 9 heteroatoms. The SMILES string of the molecule is CNC1CN(c2ccc(N/C(=C3\C(=N)C(=O)NN=C3N)c3oc4ccc(C)cc4c3C)cc2)C1. The molecule has 1 saturated heterocycles. The van der Waals surface area contributed by atoms with E-state index in [0.717, 1.165) is 41.0 Å². The van der Waals surface area contributed by atoms with Gasteiger partial charge in [-0.3, -0.25) is 10.2 Å². The number of hydrogen-bond acceptors (Lipinski definition) is 8. The van der Waals surface area contributed by atoms with Gasteiger partial charge in [0.1, 0.15) is 11.3 Å². The third-order valence-corrected chi connectivity index (χ3v) is 6.37. The Morgan fingerprint density at radius 2 is 1.94 bits per heavy atom. The molecule has 0 spiro atoms. The average Bonchev–Trinajstić information content (AvgIpc) is 3.12. The fourth-order valence-corrected chi connectivity index (χ4v) is 4.30. The number of aryl methyl sites for hydroxylation is 2. The van der Waals surface area contributed by atoms with Gasteiger partial charge in [-0.2, -0.15) is 5.10 Å². The molecule has 9 nitrogen and oxygen atoms in total. The van der Waals surface area contributed by atoms with Crippen LogP contribution >= 0.6 is 0 Å². The normalized spacial score (nSPS) is 18.0. The maximum atomic E-state index is 12.2. The van der Waals surface area contributed by atoms with Crippen molar-refractivity contribution in [1.29, 1.82) is 5.41 Å². The van der Waals surface area contributed by atoms with Gasteiger partial charge in [-0.05, 0) is 57.3 Å². The van der Waals surface area contributed by atoms with Crippen LogP contribution in [0.3, 0.4) is 0 Å². The fraction of sp³-hybridized carbons (Fsp3) is 0.240. The second-order valence-corrected chi connectivity index (χ2v) is 8.68. The van der Waals surface area contributed by atoms with Crippen molar-refractivity contribution >= 4 is 45.5 Å². The van der Waals surface area contributed by atoms with Gasteiger partial charge in [0, 0.05) is 41.5 Å². The van der Waals surface area contributed by atoms with Gasteiger partial charge in [0.05, 0.1) is 11.3 Å². The standard InChI is InChI=1S/C25H27N7O2/c1-13-4-9-19-18(10-13)14(2)23(34-19)22(20-21(26)25(33)31-30-24(20)27)29-15-5-7-17(8-6-15)32-11-16(12-32)28-3/h4-10,16,26,28-29H,11-12H2,1-3H3,(H2,27,30)(H,31,33)/b22-20+,26-21?. The van der Waals surface area contributed by atoms with E-state index in [1.165, 1.54) is 0 Å². The Bertz CT molecular complexity index is 1360. The Morgan fingerprint density at radius 3 is 2.65 bits per heavy atom. The summed E-state index contributed by atoms with van der Waals surface area (Å²) in [5.74, 6) is -0.0735. The molecule has 2 aliphatic heterocycles. The number of nitrogens with two attached hydrogens (primary N) is 1. The summed E-state index contributed by atoms with van der Waals surface area (Å²) in [4.78, 5) is 14.5. The van der Waals surface area contributed by atoms with Gasteiger partial charge in [0.25, 0.3) is 5.91 Å². The number of benzene rings is 2. The molecule has 0 bridgehead atoms. The Balaban J connectivity index is 1.58. The summed E-state index contributed by atoms with van der Waals surface area (Å²) in [5.41, 5.74) is 13.4. The number of carbonyl (C=O) groups excluding carboxylic acids is 1. The van der Waals surface area contributed by atoms with E-state index in [0.29, 0.717) is 23.1 Å². The van der Waals surface area contributed by atoms with Crippen LogP contribution in [0.2, 0.25) is 0 Å². The number of rotatable bonds is 5. The maximum absolute atomic E-state index is 12.2. The summed E-state index contributed by atoms with van der Waals surface area (Å²) in [5, 5.41) is 19.9. The van der Waals surface area contributed by atoms with Crippen LogP contribution in [-0.2, 0) is 4.79 Å². The van der Waals surface area contributed by atoms with Gasteiger partial charge >= 0.3 is 0 Å². The van der Waals surface area contributed by atoms with Crippen molar-refractivity contribution in [3.63, 3.8) is 0 Å². The molecule has 0 aliphatic carbocycles. The number of amides is 1. The minimum absolute atomic E-state index is 0.0402. The van der Waals surface area contributed by atoms with Crippen LogP contribution in [-0.4, -0.2) is 43.6 Å². The Kier molecular flexibility index (Phi) is 5.33. The van der Waals surface area contributed by atoms with E-state index in [4.69, 9.17) is 15.6 Å². The predicted molar refractivity (Wildman–Crippen MR) is 135 cm³/mol. The molecular weight excluding hydrogens is 430 g/mol. The number of likely N-dealkylation sites (N-methyl/N-ethyl adjacent to an activating group) is 1. The first-order valence-electron chi connectivity index (χ1n) is 11.1. The summed E-state index contributed by atoms with van der Waals surface area (Å²) in [6.07, 6.45) is 0. The van der Waals surface area contributed by atoms with Crippen LogP contribution in [0.15, 0.2) is 57.6 Å². The minimum Gasteiger partial charge on any atom is -0.454 e. The van der Waals surface area contributed by atoms with E-state index in [1.54, 1.807) is 0 Å². The number of furan rings is 1. The van der Waals surface area contributed by atoms with Gasteiger partial charge in [-0.25, -0.2) is 5.43 Å². The van der Waals surface area contributed by atoms with Crippen molar-refractivity contribution in [3.8, 4) is 0 Å². The fourth-order valence-electron chi connectivity index (χ4n) is 4.30. The first-order chi connectivity index (χ1) is 16.4. The largest absolute Gasteiger partial charge is 0.454 e.